The molecule has 0 aliphatic carbocycles. The first-order chi connectivity index (χ1) is 8.67. The van der Waals surface area contributed by atoms with Crippen LogP contribution in [-0.2, 0) is 11.2 Å². The molecule has 1 amide bonds. The monoisotopic (exact) mass is 327 g/mol. The lowest BCUT2D eigenvalue weighted by Crippen LogP contribution is -2.27. The third-order valence-corrected chi connectivity index (χ3v) is 2.77. The van der Waals surface area contributed by atoms with E-state index in [2.05, 4.69) is 34.2 Å². The van der Waals surface area contributed by atoms with Crippen molar-refractivity contribution in [1.82, 2.24) is 0 Å². The van der Waals surface area contributed by atoms with Gasteiger partial charge < -0.3 is 4.74 Å². The molecule has 1 atom stereocenters. The van der Waals surface area contributed by atoms with Gasteiger partial charge in [-0.2, -0.15) is 0 Å². The number of hydrogen-bond donors (Lipinski definition) is 1. The molecule has 4 heteroatoms. The van der Waals surface area contributed by atoms with E-state index in [4.69, 9.17) is 4.74 Å². The maximum Gasteiger partial charge on any atom is 0.412 e. The second-order valence-electron chi connectivity index (χ2n) is 5.76. The molecule has 1 aromatic rings. The van der Waals surface area contributed by atoms with Crippen molar-refractivity contribution in [2.24, 2.45) is 0 Å². The first kappa shape index (κ1) is 16.0. The van der Waals surface area contributed by atoms with Crippen LogP contribution in [0.15, 0.2) is 18.2 Å². The van der Waals surface area contributed by atoms with Crippen molar-refractivity contribution < 1.29 is 9.53 Å². The van der Waals surface area contributed by atoms with Gasteiger partial charge in [-0.25, -0.2) is 4.79 Å². The minimum absolute atomic E-state index is 0.419. The average Bonchev–Trinajstić information content (AvgIpc) is 2.18. The van der Waals surface area contributed by atoms with E-state index in [1.807, 2.05) is 39.8 Å². The van der Waals surface area contributed by atoms with Gasteiger partial charge in [0, 0.05) is 10.5 Å². The summed E-state index contributed by atoms with van der Waals surface area (Å²) >= 11 is 3.54. The number of anilines is 1. The normalized spacial score (nSPS) is 12.9. The molecular weight excluding hydrogens is 306 g/mol. The molecule has 0 radical (unpaired) electrons. The van der Waals surface area contributed by atoms with E-state index in [1.54, 1.807) is 0 Å². The Labute approximate surface area is 123 Å². The molecule has 1 N–H and O–H groups in total. The molecule has 0 fully saturated rings. The Morgan fingerprint density at radius 2 is 2.05 bits per heavy atom. The quantitative estimate of drug-likeness (QED) is 0.819. The van der Waals surface area contributed by atoms with Crippen LogP contribution >= 0.6 is 15.9 Å². The number of carbonyl (C=O) groups excluding carboxylic acids is 1. The van der Waals surface area contributed by atoms with Gasteiger partial charge in [0.1, 0.15) is 5.60 Å². The first-order valence-corrected chi connectivity index (χ1v) is 7.32. The summed E-state index contributed by atoms with van der Waals surface area (Å²) < 4.78 is 5.23. The fraction of sp³-hybridized carbons (Fsp3) is 0.533. The second kappa shape index (κ2) is 6.42. The van der Waals surface area contributed by atoms with Crippen LogP contribution in [0.2, 0.25) is 0 Å². The number of alkyl halides is 1. The third-order valence-electron chi connectivity index (χ3n) is 2.44. The Morgan fingerprint density at radius 1 is 1.42 bits per heavy atom. The number of benzene rings is 1. The van der Waals surface area contributed by atoms with Gasteiger partial charge >= 0.3 is 6.09 Å². The predicted molar refractivity (Wildman–Crippen MR) is 83.1 cm³/mol. The summed E-state index contributed by atoms with van der Waals surface area (Å²) in [5, 5.41) is 2.77. The lowest BCUT2D eigenvalue weighted by atomic mass is 10.1. The standard InChI is InChI=1S/C15H22BrNO2/c1-10-8-12(9-11(2)16)6-7-13(10)17-14(18)19-15(3,4)5/h6-8,11H,9H2,1-5H3,(H,17,18). The summed E-state index contributed by atoms with van der Waals surface area (Å²) in [7, 11) is 0. The van der Waals surface area contributed by atoms with Crippen molar-refractivity contribution in [3.05, 3.63) is 29.3 Å². The van der Waals surface area contributed by atoms with Crippen molar-refractivity contribution in [2.75, 3.05) is 5.32 Å². The van der Waals surface area contributed by atoms with Crippen molar-refractivity contribution in [3.63, 3.8) is 0 Å². The Balaban J connectivity index is 2.72. The summed E-state index contributed by atoms with van der Waals surface area (Å²) in [5.74, 6) is 0. The molecule has 0 heterocycles. The van der Waals surface area contributed by atoms with Gasteiger partial charge in [0.15, 0.2) is 0 Å². The summed E-state index contributed by atoms with van der Waals surface area (Å²) in [4.78, 5) is 12.1. The Kier molecular flexibility index (Phi) is 5.41. The van der Waals surface area contributed by atoms with Crippen molar-refractivity contribution >= 4 is 27.7 Å². The van der Waals surface area contributed by atoms with Crippen LogP contribution in [0, 0.1) is 6.92 Å². The number of aryl methyl sites for hydroxylation is 1. The highest BCUT2D eigenvalue weighted by Crippen LogP contribution is 2.20. The number of halogens is 1. The molecule has 0 spiro atoms. The maximum atomic E-state index is 11.7. The fourth-order valence-corrected chi connectivity index (χ4v) is 2.11. The van der Waals surface area contributed by atoms with E-state index in [9.17, 15) is 4.79 Å². The van der Waals surface area contributed by atoms with E-state index < -0.39 is 11.7 Å². The molecule has 1 aromatic carbocycles. The van der Waals surface area contributed by atoms with Crippen molar-refractivity contribution in [3.8, 4) is 0 Å². The number of hydrogen-bond acceptors (Lipinski definition) is 2. The SMILES string of the molecule is Cc1cc(CC(C)Br)ccc1NC(=O)OC(C)(C)C. The minimum Gasteiger partial charge on any atom is -0.444 e. The maximum absolute atomic E-state index is 11.7. The van der Waals surface area contributed by atoms with Gasteiger partial charge in [0.25, 0.3) is 0 Å². The zero-order valence-electron chi connectivity index (χ0n) is 12.2. The molecule has 106 valence electrons. The summed E-state index contributed by atoms with van der Waals surface area (Å²) in [6.45, 7) is 9.64. The van der Waals surface area contributed by atoms with Crippen molar-refractivity contribution in [2.45, 2.75) is 51.5 Å². The summed E-state index contributed by atoms with van der Waals surface area (Å²) in [5.41, 5.74) is 2.59. The first-order valence-electron chi connectivity index (χ1n) is 6.41. The molecule has 1 rings (SSSR count). The minimum atomic E-state index is -0.483. The molecular formula is C15H22BrNO2. The van der Waals surface area contributed by atoms with E-state index >= 15 is 0 Å². The Bertz CT molecular complexity index is 450. The Hall–Kier alpha value is -1.03. The number of nitrogens with one attached hydrogen (secondary N) is 1. The number of amides is 1. The molecule has 19 heavy (non-hydrogen) atoms. The summed E-state index contributed by atoms with van der Waals surface area (Å²) in [6, 6.07) is 6.03. The van der Waals surface area contributed by atoms with Gasteiger partial charge in [-0.1, -0.05) is 35.0 Å². The van der Waals surface area contributed by atoms with Crippen LogP contribution in [0.25, 0.3) is 0 Å². The lowest BCUT2D eigenvalue weighted by Gasteiger charge is -2.20. The molecule has 0 saturated heterocycles. The van der Waals surface area contributed by atoms with E-state index in [0.29, 0.717) is 4.83 Å². The highest BCUT2D eigenvalue weighted by atomic mass is 79.9. The number of ether oxygens (including phenoxy) is 1. The molecule has 1 unspecified atom stereocenters. The predicted octanol–water partition coefficient (Wildman–Crippen LogP) is 4.67. The van der Waals surface area contributed by atoms with Gasteiger partial charge in [0.05, 0.1) is 0 Å². The van der Waals surface area contributed by atoms with Crippen LogP contribution in [0.5, 0.6) is 0 Å². The van der Waals surface area contributed by atoms with Crippen LogP contribution in [-0.4, -0.2) is 16.5 Å². The topological polar surface area (TPSA) is 38.3 Å². The van der Waals surface area contributed by atoms with Crippen molar-refractivity contribution in [1.29, 1.82) is 0 Å². The van der Waals surface area contributed by atoms with E-state index in [0.717, 1.165) is 17.7 Å². The number of carbonyl (C=O) groups is 1. The van der Waals surface area contributed by atoms with Gasteiger partial charge in [-0.05, 0) is 51.3 Å². The van der Waals surface area contributed by atoms with Crippen LogP contribution in [0.4, 0.5) is 10.5 Å². The van der Waals surface area contributed by atoms with Gasteiger partial charge in [-0.3, -0.25) is 5.32 Å². The third kappa shape index (κ3) is 6.10. The number of rotatable bonds is 3. The average molecular weight is 328 g/mol. The highest BCUT2D eigenvalue weighted by molar-refractivity contribution is 9.09. The smallest absolute Gasteiger partial charge is 0.412 e. The zero-order valence-corrected chi connectivity index (χ0v) is 13.8. The molecule has 3 nitrogen and oxygen atoms in total. The van der Waals surface area contributed by atoms with E-state index in [-0.39, 0.29) is 0 Å². The largest absolute Gasteiger partial charge is 0.444 e. The molecule has 0 bridgehead atoms. The Morgan fingerprint density at radius 3 is 2.53 bits per heavy atom. The molecule has 0 aliphatic rings. The van der Waals surface area contributed by atoms with E-state index in [1.165, 1.54) is 5.56 Å². The summed E-state index contributed by atoms with van der Waals surface area (Å²) in [6.07, 6.45) is 0.547. The van der Waals surface area contributed by atoms with Gasteiger partial charge in [0.2, 0.25) is 0 Å². The second-order valence-corrected chi connectivity index (χ2v) is 7.32. The zero-order chi connectivity index (χ0) is 14.6. The molecule has 0 saturated carbocycles. The van der Waals surface area contributed by atoms with Gasteiger partial charge in [-0.15, -0.1) is 0 Å². The molecule has 0 aromatic heterocycles. The molecule has 0 aliphatic heterocycles. The van der Waals surface area contributed by atoms with Crippen LogP contribution in [0.1, 0.15) is 38.8 Å². The van der Waals surface area contributed by atoms with Crippen LogP contribution in [0.3, 0.4) is 0 Å². The highest BCUT2D eigenvalue weighted by Gasteiger charge is 2.16. The lowest BCUT2D eigenvalue weighted by molar-refractivity contribution is 0.0636. The fourth-order valence-electron chi connectivity index (χ4n) is 1.73. The van der Waals surface area contributed by atoms with Crippen LogP contribution < -0.4 is 5.32 Å².